The van der Waals surface area contributed by atoms with Gasteiger partial charge in [0.1, 0.15) is 6.04 Å². The summed E-state index contributed by atoms with van der Waals surface area (Å²) in [6.45, 7) is 2.93. The van der Waals surface area contributed by atoms with Crippen LogP contribution < -0.4 is 0 Å². The first-order valence-electron chi connectivity index (χ1n) is 3.65. The maximum Gasteiger partial charge on any atom is 0.322 e. The molecule has 1 saturated heterocycles. The lowest BCUT2D eigenvalue weighted by molar-refractivity contribution is -0.150. The van der Waals surface area contributed by atoms with Gasteiger partial charge in [0.2, 0.25) is 0 Å². The Bertz CT molecular complexity index is 154. The van der Waals surface area contributed by atoms with Crippen molar-refractivity contribution < 1.29 is 14.6 Å². The molecule has 0 aromatic rings. The topological polar surface area (TPSA) is 49.8 Å². The standard InChI is InChI=1S/C7H13NO3/c1-5(7(10)11-2)8-3-6(9)4-8/h5-6,9H,3-4H2,1-2H3. The summed E-state index contributed by atoms with van der Waals surface area (Å²) in [4.78, 5) is 12.8. The predicted octanol–water partition coefficient (Wildman–Crippen LogP) is -0.776. The van der Waals surface area contributed by atoms with Crippen molar-refractivity contribution in [3.63, 3.8) is 0 Å². The number of hydrogen-bond acceptors (Lipinski definition) is 4. The van der Waals surface area contributed by atoms with Crippen molar-refractivity contribution in [2.24, 2.45) is 0 Å². The molecule has 0 aliphatic carbocycles. The molecule has 11 heavy (non-hydrogen) atoms. The average molecular weight is 159 g/mol. The van der Waals surface area contributed by atoms with E-state index in [1.165, 1.54) is 7.11 Å². The smallest absolute Gasteiger partial charge is 0.322 e. The Labute approximate surface area is 65.8 Å². The largest absolute Gasteiger partial charge is 0.468 e. The fourth-order valence-corrected chi connectivity index (χ4v) is 1.12. The molecule has 0 spiro atoms. The second-order valence-corrected chi connectivity index (χ2v) is 2.81. The van der Waals surface area contributed by atoms with E-state index < -0.39 is 0 Å². The van der Waals surface area contributed by atoms with Crippen LogP contribution in [0.5, 0.6) is 0 Å². The van der Waals surface area contributed by atoms with Crippen LogP contribution in [0.15, 0.2) is 0 Å². The fraction of sp³-hybridized carbons (Fsp3) is 0.857. The molecule has 0 amide bonds. The first kappa shape index (κ1) is 8.49. The summed E-state index contributed by atoms with van der Waals surface area (Å²) in [7, 11) is 1.37. The van der Waals surface area contributed by atoms with Gasteiger partial charge in [0.05, 0.1) is 13.2 Å². The summed E-state index contributed by atoms with van der Waals surface area (Å²) in [6, 6.07) is -0.219. The number of aliphatic hydroxyl groups excluding tert-OH is 1. The minimum absolute atomic E-state index is 0.219. The van der Waals surface area contributed by atoms with Crippen LogP contribution in [-0.2, 0) is 9.53 Å². The Hall–Kier alpha value is -0.610. The molecule has 1 aliphatic rings. The zero-order valence-corrected chi connectivity index (χ0v) is 6.78. The number of ether oxygens (including phenoxy) is 1. The highest BCUT2D eigenvalue weighted by atomic mass is 16.5. The quantitative estimate of drug-likeness (QED) is 0.537. The molecule has 0 radical (unpaired) electrons. The number of carbonyl (C=O) groups is 1. The molecule has 4 heteroatoms. The van der Waals surface area contributed by atoms with Crippen LogP contribution in [0, 0.1) is 0 Å². The summed E-state index contributed by atoms with van der Waals surface area (Å²) in [6.07, 6.45) is -0.262. The lowest BCUT2D eigenvalue weighted by Gasteiger charge is -2.38. The van der Waals surface area contributed by atoms with Crippen LogP contribution in [0.3, 0.4) is 0 Å². The van der Waals surface area contributed by atoms with Crippen molar-refractivity contribution in [1.29, 1.82) is 0 Å². The molecule has 0 saturated carbocycles. The number of carbonyl (C=O) groups excluding carboxylic acids is 1. The lowest BCUT2D eigenvalue weighted by atomic mass is 10.1. The van der Waals surface area contributed by atoms with Crippen molar-refractivity contribution in [3.05, 3.63) is 0 Å². The van der Waals surface area contributed by atoms with Gasteiger partial charge in [-0.1, -0.05) is 0 Å². The van der Waals surface area contributed by atoms with Gasteiger partial charge >= 0.3 is 5.97 Å². The number of nitrogens with zero attached hydrogens (tertiary/aromatic N) is 1. The van der Waals surface area contributed by atoms with Crippen LogP contribution in [0.4, 0.5) is 0 Å². The van der Waals surface area contributed by atoms with Gasteiger partial charge in [-0.2, -0.15) is 0 Å². The highest BCUT2D eigenvalue weighted by molar-refractivity contribution is 5.75. The monoisotopic (exact) mass is 159 g/mol. The maximum absolute atomic E-state index is 10.9. The van der Waals surface area contributed by atoms with E-state index in [4.69, 9.17) is 5.11 Å². The van der Waals surface area contributed by atoms with Gasteiger partial charge in [-0.05, 0) is 6.92 Å². The first-order valence-corrected chi connectivity index (χ1v) is 3.65. The Morgan fingerprint density at radius 3 is 2.64 bits per heavy atom. The normalized spacial score (nSPS) is 22.5. The van der Waals surface area contributed by atoms with Crippen LogP contribution in [0.25, 0.3) is 0 Å². The van der Waals surface area contributed by atoms with Crippen molar-refractivity contribution >= 4 is 5.97 Å². The van der Waals surface area contributed by atoms with E-state index in [2.05, 4.69) is 4.74 Å². The molecule has 1 rings (SSSR count). The third kappa shape index (κ3) is 1.70. The molecule has 0 aromatic heterocycles. The van der Waals surface area contributed by atoms with E-state index in [-0.39, 0.29) is 18.1 Å². The molecule has 64 valence electrons. The van der Waals surface area contributed by atoms with Gasteiger partial charge in [-0.15, -0.1) is 0 Å². The van der Waals surface area contributed by atoms with Crippen molar-refractivity contribution in [2.45, 2.75) is 19.1 Å². The van der Waals surface area contributed by atoms with Crippen LogP contribution in [-0.4, -0.2) is 48.3 Å². The van der Waals surface area contributed by atoms with Gasteiger partial charge in [-0.25, -0.2) is 0 Å². The average Bonchev–Trinajstić information content (AvgIpc) is 1.96. The number of rotatable bonds is 2. The third-order valence-corrected chi connectivity index (χ3v) is 1.98. The molecule has 0 aromatic carbocycles. The maximum atomic E-state index is 10.9. The van der Waals surface area contributed by atoms with Gasteiger partial charge in [0.25, 0.3) is 0 Å². The van der Waals surface area contributed by atoms with Crippen LogP contribution in [0.1, 0.15) is 6.92 Å². The van der Waals surface area contributed by atoms with Gasteiger partial charge in [-0.3, -0.25) is 9.69 Å². The Morgan fingerprint density at radius 1 is 1.73 bits per heavy atom. The second kappa shape index (κ2) is 3.19. The number of likely N-dealkylation sites (tertiary alicyclic amines) is 1. The van der Waals surface area contributed by atoms with Crippen molar-refractivity contribution in [1.82, 2.24) is 4.90 Å². The molecule has 1 fully saturated rings. The van der Waals surface area contributed by atoms with E-state index in [0.29, 0.717) is 13.1 Å². The number of β-amino-alcohol motifs (C(OH)–C–C–N with tert-alkyl or cyclic N) is 1. The number of aliphatic hydroxyl groups is 1. The molecular formula is C7H13NO3. The molecule has 1 unspecified atom stereocenters. The summed E-state index contributed by atoms with van der Waals surface area (Å²) in [5, 5.41) is 8.93. The zero-order chi connectivity index (χ0) is 8.43. The van der Waals surface area contributed by atoms with E-state index >= 15 is 0 Å². The number of esters is 1. The van der Waals surface area contributed by atoms with E-state index in [0.717, 1.165) is 0 Å². The Kier molecular flexibility index (Phi) is 2.46. The van der Waals surface area contributed by atoms with Gasteiger partial charge < -0.3 is 9.84 Å². The summed E-state index contributed by atoms with van der Waals surface area (Å²) < 4.78 is 4.54. The fourth-order valence-electron chi connectivity index (χ4n) is 1.12. The Balaban J connectivity index is 2.31. The Morgan fingerprint density at radius 2 is 2.27 bits per heavy atom. The third-order valence-electron chi connectivity index (χ3n) is 1.98. The molecule has 1 N–H and O–H groups in total. The molecule has 1 atom stereocenters. The summed E-state index contributed by atoms with van der Waals surface area (Å²) in [5.41, 5.74) is 0. The first-order chi connectivity index (χ1) is 5.15. The van der Waals surface area contributed by atoms with E-state index in [1.807, 2.05) is 4.90 Å². The predicted molar refractivity (Wildman–Crippen MR) is 39.1 cm³/mol. The van der Waals surface area contributed by atoms with Crippen molar-refractivity contribution in [2.75, 3.05) is 20.2 Å². The van der Waals surface area contributed by atoms with E-state index in [1.54, 1.807) is 6.92 Å². The zero-order valence-electron chi connectivity index (χ0n) is 6.78. The highest BCUT2D eigenvalue weighted by Crippen LogP contribution is 2.12. The number of methoxy groups -OCH3 is 1. The summed E-state index contributed by atoms with van der Waals surface area (Å²) >= 11 is 0. The van der Waals surface area contributed by atoms with Crippen molar-refractivity contribution in [3.8, 4) is 0 Å². The van der Waals surface area contributed by atoms with Crippen LogP contribution in [0.2, 0.25) is 0 Å². The lowest BCUT2D eigenvalue weighted by Crippen LogP contribution is -2.56. The van der Waals surface area contributed by atoms with Gasteiger partial charge in [0.15, 0.2) is 0 Å². The molecule has 4 nitrogen and oxygen atoms in total. The SMILES string of the molecule is COC(=O)C(C)N1CC(O)C1. The molecule has 1 heterocycles. The minimum Gasteiger partial charge on any atom is -0.468 e. The molecule has 1 aliphatic heterocycles. The minimum atomic E-state index is -0.262. The summed E-state index contributed by atoms with van der Waals surface area (Å²) in [5.74, 6) is -0.239. The molecular weight excluding hydrogens is 146 g/mol. The van der Waals surface area contributed by atoms with E-state index in [9.17, 15) is 4.79 Å². The number of hydrogen-bond donors (Lipinski definition) is 1. The molecule has 0 bridgehead atoms. The van der Waals surface area contributed by atoms with Gasteiger partial charge in [0, 0.05) is 13.1 Å². The highest BCUT2D eigenvalue weighted by Gasteiger charge is 2.32. The second-order valence-electron chi connectivity index (χ2n) is 2.81. The van der Waals surface area contributed by atoms with Crippen LogP contribution >= 0.6 is 0 Å².